The Labute approximate surface area is 150 Å². The second kappa shape index (κ2) is 16.4. The van der Waals surface area contributed by atoms with Crippen molar-refractivity contribution in [2.45, 2.75) is 41.5 Å². The molecule has 7 nitrogen and oxygen atoms in total. The van der Waals surface area contributed by atoms with E-state index in [0.29, 0.717) is 5.57 Å². The molecule has 1 atom stereocenters. The minimum atomic E-state index is -0.616. The first-order valence-corrected chi connectivity index (χ1v) is 7.65. The molecule has 0 N–H and O–H groups in total. The minimum Gasteiger partial charge on any atom is -0.468 e. The molecule has 0 heterocycles. The van der Waals surface area contributed by atoms with Gasteiger partial charge in [-0.3, -0.25) is 14.4 Å². The summed E-state index contributed by atoms with van der Waals surface area (Å²) in [6, 6.07) is 0. The maximum atomic E-state index is 10.5. The average Bonchev–Trinajstić information content (AvgIpc) is 2.59. The molecule has 0 saturated heterocycles. The topological polar surface area (TPSA) is 90.0 Å². The number of hydrogen-bond donors (Lipinski definition) is 0. The molecular formula is C18H31NO6. The Morgan fingerprint density at radius 2 is 1.44 bits per heavy atom. The normalized spacial score (nSPS) is 11.2. The molecule has 0 fully saturated rings. The van der Waals surface area contributed by atoms with Crippen molar-refractivity contribution in [3.63, 3.8) is 0 Å². The standard InChI is InChI=1S/C6H11NO.C6H10O3.C6H10O2/c1-4-5-7(3)6(2)8;1-4(5(2)7)6(8)9-3;1-4-5(2)6(7)8-3/h4-5H,1-3H3;4H,1-3H3;4H,1-3H3/b5-4-;;5-4-. The van der Waals surface area contributed by atoms with Gasteiger partial charge >= 0.3 is 11.9 Å². The van der Waals surface area contributed by atoms with E-state index in [9.17, 15) is 19.2 Å². The van der Waals surface area contributed by atoms with E-state index in [1.807, 2.05) is 13.0 Å². The van der Waals surface area contributed by atoms with Gasteiger partial charge in [0.05, 0.1) is 14.2 Å². The Kier molecular flexibility index (Phi) is 18.0. The minimum absolute atomic E-state index is 0.0584. The van der Waals surface area contributed by atoms with Gasteiger partial charge in [0, 0.05) is 25.7 Å². The highest BCUT2D eigenvalue weighted by Gasteiger charge is 2.16. The number of carbonyl (C=O) groups is 4. The van der Waals surface area contributed by atoms with Crippen LogP contribution in [0.2, 0.25) is 0 Å². The van der Waals surface area contributed by atoms with E-state index < -0.39 is 11.9 Å². The van der Waals surface area contributed by atoms with E-state index in [2.05, 4.69) is 9.47 Å². The summed E-state index contributed by atoms with van der Waals surface area (Å²) in [4.78, 5) is 43.3. The molecule has 7 heteroatoms. The number of allylic oxidation sites excluding steroid dienone is 2. The van der Waals surface area contributed by atoms with Crippen LogP contribution in [0.3, 0.4) is 0 Å². The Morgan fingerprint density at radius 1 is 0.960 bits per heavy atom. The van der Waals surface area contributed by atoms with Crippen LogP contribution in [0.4, 0.5) is 0 Å². The van der Waals surface area contributed by atoms with Gasteiger partial charge in [0.1, 0.15) is 11.7 Å². The molecule has 0 radical (unpaired) electrons. The fraction of sp³-hybridized carbons (Fsp3) is 0.556. The van der Waals surface area contributed by atoms with Crippen LogP contribution >= 0.6 is 0 Å². The van der Waals surface area contributed by atoms with Crippen LogP contribution in [0.15, 0.2) is 23.9 Å². The molecule has 25 heavy (non-hydrogen) atoms. The molecule has 0 bridgehead atoms. The maximum Gasteiger partial charge on any atom is 0.333 e. The zero-order chi connectivity index (χ0) is 20.6. The molecule has 0 aromatic heterocycles. The number of carbonyl (C=O) groups excluding carboxylic acids is 4. The Morgan fingerprint density at radius 3 is 1.56 bits per heavy atom. The molecule has 0 aliphatic rings. The third-order valence-electron chi connectivity index (χ3n) is 2.97. The second-order valence-corrected chi connectivity index (χ2v) is 4.93. The lowest BCUT2D eigenvalue weighted by atomic mass is 10.1. The first-order chi connectivity index (χ1) is 11.5. The molecule has 1 unspecified atom stereocenters. The summed E-state index contributed by atoms with van der Waals surface area (Å²) in [5, 5.41) is 0. The zero-order valence-corrected chi connectivity index (χ0v) is 16.7. The molecule has 0 aliphatic heterocycles. The van der Waals surface area contributed by atoms with Gasteiger partial charge in [-0.25, -0.2) is 4.79 Å². The third kappa shape index (κ3) is 16.2. The molecule has 0 aromatic carbocycles. The summed E-state index contributed by atoms with van der Waals surface area (Å²) in [5.41, 5.74) is 0.646. The number of nitrogens with zero attached hydrogens (tertiary/aromatic N) is 1. The number of amides is 1. The van der Waals surface area contributed by atoms with Crippen molar-refractivity contribution < 1.29 is 28.7 Å². The van der Waals surface area contributed by atoms with Crippen LogP contribution in [-0.2, 0) is 28.7 Å². The molecular weight excluding hydrogens is 326 g/mol. The van der Waals surface area contributed by atoms with E-state index in [-0.39, 0.29) is 17.7 Å². The summed E-state index contributed by atoms with van der Waals surface area (Å²) < 4.78 is 8.71. The number of rotatable bonds is 4. The van der Waals surface area contributed by atoms with Crippen LogP contribution in [0, 0.1) is 5.92 Å². The predicted octanol–water partition coefficient (Wildman–Crippen LogP) is 2.51. The average molecular weight is 357 g/mol. The number of esters is 2. The lowest BCUT2D eigenvalue weighted by molar-refractivity contribution is -0.148. The molecule has 0 rings (SSSR count). The van der Waals surface area contributed by atoms with Crippen molar-refractivity contribution in [1.82, 2.24) is 4.90 Å². The Bertz CT molecular complexity index is 494. The fourth-order valence-corrected chi connectivity index (χ4v) is 0.950. The van der Waals surface area contributed by atoms with Gasteiger partial charge in [-0.15, -0.1) is 0 Å². The maximum absolute atomic E-state index is 10.5. The molecule has 0 saturated carbocycles. The van der Waals surface area contributed by atoms with E-state index >= 15 is 0 Å². The van der Waals surface area contributed by atoms with Crippen LogP contribution in [0.5, 0.6) is 0 Å². The Hall–Kier alpha value is -2.44. The van der Waals surface area contributed by atoms with Gasteiger partial charge < -0.3 is 14.4 Å². The quantitative estimate of drug-likeness (QED) is 0.436. The van der Waals surface area contributed by atoms with E-state index in [0.717, 1.165) is 0 Å². The van der Waals surface area contributed by atoms with E-state index in [1.165, 1.54) is 39.9 Å². The van der Waals surface area contributed by atoms with Crippen LogP contribution in [0.25, 0.3) is 0 Å². The van der Waals surface area contributed by atoms with Gasteiger partial charge in [0.2, 0.25) is 5.91 Å². The second-order valence-electron chi connectivity index (χ2n) is 4.93. The van der Waals surface area contributed by atoms with Crippen molar-refractivity contribution in [3.8, 4) is 0 Å². The van der Waals surface area contributed by atoms with Gasteiger partial charge in [-0.2, -0.15) is 0 Å². The lowest BCUT2D eigenvalue weighted by Crippen LogP contribution is -2.19. The molecule has 144 valence electrons. The molecule has 0 aliphatic carbocycles. The summed E-state index contributed by atoms with van der Waals surface area (Å²) in [5.74, 6) is -1.45. The number of ketones is 1. The van der Waals surface area contributed by atoms with E-state index in [4.69, 9.17) is 0 Å². The van der Waals surface area contributed by atoms with Gasteiger partial charge in [0.25, 0.3) is 0 Å². The number of ether oxygens (including phenoxy) is 2. The first-order valence-electron chi connectivity index (χ1n) is 7.65. The molecule has 1 amide bonds. The fourth-order valence-electron chi connectivity index (χ4n) is 0.950. The monoisotopic (exact) mass is 357 g/mol. The summed E-state index contributed by atoms with van der Waals surface area (Å²) in [7, 11) is 4.36. The third-order valence-corrected chi connectivity index (χ3v) is 2.97. The van der Waals surface area contributed by atoms with Crippen LogP contribution in [0.1, 0.15) is 41.5 Å². The van der Waals surface area contributed by atoms with Crippen molar-refractivity contribution in [3.05, 3.63) is 23.9 Å². The number of methoxy groups -OCH3 is 2. The van der Waals surface area contributed by atoms with Gasteiger partial charge in [-0.1, -0.05) is 12.2 Å². The summed E-state index contributed by atoms with van der Waals surface area (Å²) >= 11 is 0. The zero-order valence-electron chi connectivity index (χ0n) is 16.7. The highest BCUT2D eigenvalue weighted by Crippen LogP contribution is 1.97. The van der Waals surface area contributed by atoms with Crippen molar-refractivity contribution >= 4 is 23.6 Å². The summed E-state index contributed by atoms with van der Waals surface area (Å²) in [6.45, 7) is 9.80. The smallest absolute Gasteiger partial charge is 0.333 e. The van der Waals surface area contributed by atoms with E-state index in [1.54, 1.807) is 33.2 Å². The Balaban J connectivity index is -0.000000291. The highest BCUT2D eigenvalue weighted by atomic mass is 16.5. The number of hydrogen-bond acceptors (Lipinski definition) is 6. The van der Waals surface area contributed by atoms with Gasteiger partial charge in [0.15, 0.2) is 0 Å². The van der Waals surface area contributed by atoms with Crippen LogP contribution in [-0.4, -0.2) is 49.8 Å². The lowest BCUT2D eigenvalue weighted by Gasteiger charge is -2.05. The van der Waals surface area contributed by atoms with Crippen molar-refractivity contribution in [2.75, 3.05) is 21.3 Å². The van der Waals surface area contributed by atoms with Crippen molar-refractivity contribution in [2.24, 2.45) is 5.92 Å². The first kappa shape index (κ1) is 27.4. The van der Waals surface area contributed by atoms with Crippen molar-refractivity contribution in [1.29, 1.82) is 0 Å². The highest BCUT2D eigenvalue weighted by molar-refractivity contribution is 5.97. The number of Topliss-reactive ketones (excluding diaryl/α,β-unsaturated/α-hetero) is 1. The van der Waals surface area contributed by atoms with Crippen LogP contribution < -0.4 is 0 Å². The van der Waals surface area contributed by atoms with Gasteiger partial charge in [-0.05, 0) is 34.6 Å². The predicted molar refractivity (Wildman–Crippen MR) is 96.6 cm³/mol. The SMILES string of the molecule is C/C=C(/C)C(=O)OC.C/C=C\N(C)C(C)=O.COC(=O)C(C)C(C)=O. The largest absolute Gasteiger partial charge is 0.468 e. The molecule has 0 aromatic rings. The molecule has 0 spiro atoms. The summed E-state index contributed by atoms with van der Waals surface area (Å²) in [6.07, 6.45) is 5.26.